The molecule has 0 N–H and O–H groups in total. The number of hydrogen-bond acceptors (Lipinski definition) is 6. The summed E-state index contributed by atoms with van der Waals surface area (Å²) in [5, 5.41) is 13.3. The van der Waals surface area contributed by atoms with Crippen LogP contribution in [-0.2, 0) is 6.61 Å². The van der Waals surface area contributed by atoms with Gasteiger partial charge in [0, 0.05) is 0 Å². The van der Waals surface area contributed by atoms with Gasteiger partial charge < -0.3 is 9.15 Å². The van der Waals surface area contributed by atoms with Crippen LogP contribution in [0.25, 0.3) is 0 Å². The van der Waals surface area contributed by atoms with Gasteiger partial charge in [0.05, 0.1) is 6.21 Å². The van der Waals surface area contributed by atoms with Gasteiger partial charge in [0.25, 0.3) is 0 Å². The molecule has 24 heavy (non-hydrogen) atoms. The molecule has 2 aromatic heterocycles. The van der Waals surface area contributed by atoms with Crippen molar-refractivity contribution in [3.63, 3.8) is 0 Å². The first-order valence-electron chi connectivity index (χ1n) is 7.62. The van der Waals surface area contributed by atoms with Crippen LogP contribution >= 0.6 is 11.8 Å². The largest absolute Gasteiger partial charge is 0.486 e. The molecule has 6 nitrogen and oxygen atoms in total. The lowest BCUT2D eigenvalue weighted by Crippen LogP contribution is -1.96. The van der Waals surface area contributed by atoms with Crippen molar-refractivity contribution in [1.29, 1.82) is 0 Å². The zero-order valence-corrected chi connectivity index (χ0v) is 14.4. The summed E-state index contributed by atoms with van der Waals surface area (Å²) < 4.78 is 13.1. The van der Waals surface area contributed by atoms with Gasteiger partial charge in [-0.2, -0.15) is 9.78 Å². The Morgan fingerprint density at radius 1 is 1.21 bits per heavy atom. The Labute approximate surface area is 144 Å². The molecule has 0 aliphatic carbocycles. The molecular formula is C17H18N4O2S. The van der Waals surface area contributed by atoms with Crippen LogP contribution in [0.2, 0.25) is 0 Å². The lowest BCUT2D eigenvalue weighted by Gasteiger charge is -2.02. The van der Waals surface area contributed by atoms with Crippen LogP contribution in [0.5, 0.6) is 5.75 Å². The first kappa shape index (κ1) is 16.3. The number of furan rings is 1. The maximum absolute atomic E-state index is 5.71. The van der Waals surface area contributed by atoms with Crippen molar-refractivity contribution in [2.75, 3.05) is 5.75 Å². The average Bonchev–Trinajstić information content (AvgIpc) is 3.20. The van der Waals surface area contributed by atoms with Gasteiger partial charge in [0.15, 0.2) is 5.82 Å². The molecule has 0 unspecified atom stereocenters. The highest BCUT2D eigenvalue weighted by Gasteiger charge is 2.07. The van der Waals surface area contributed by atoms with Gasteiger partial charge >= 0.3 is 0 Å². The van der Waals surface area contributed by atoms with Crippen LogP contribution in [0.1, 0.15) is 24.3 Å². The molecule has 0 amide bonds. The van der Waals surface area contributed by atoms with Crippen molar-refractivity contribution in [3.05, 3.63) is 59.8 Å². The lowest BCUT2D eigenvalue weighted by molar-refractivity contribution is 0.270. The molecule has 1 aromatic carbocycles. The van der Waals surface area contributed by atoms with Crippen LogP contribution in [0.4, 0.5) is 0 Å². The number of para-hydroxylation sites is 1. The Morgan fingerprint density at radius 3 is 2.83 bits per heavy atom. The van der Waals surface area contributed by atoms with E-state index in [1.165, 1.54) is 0 Å². The topological polar surface area (TPSA) is 65.4 Å². The molecule has 0 atom stereocenters. The summed E-state index contributed by atoms with van der Waals surface area (Å²) in [5.41, 5.74) is 0. The summed E-state index contributed by atoms with van der Waals surface area (Å²) in [4.78, 5) is 0. The SMILES string of the molecule is CCSc1nnc(C)n1/N=C/c1ccc(COc2ccccc2)o1. The monoisotopic (exact) mass is 342 g/mol. The number of hydrogen-bond donors (Lipinski definition) is 0. The summed E-state index contributed by atoms with van der Waals surface area (Å²) in [5.74, 6) is 3.85. The number of benzene rings is 1. The van der Waals surface area contributed by atoms with Gasteiger partial charge in [0.2, 0.25) is 5.16 Å². The predicted octanol–water partition coefficient (Wildman–Crippen LogP) is 3.75. The second-order valence-electron chi connectivity index (χ2n) is 4.92. The highest BCUT2D eigenvalue weighted by Crippen LogP contribution is 2.16. The minimum absolute atomic E-state index is 0.375. The lowest BCUT2D eigenvalue weighted by atomic mass is 10.3. The van der Waals surface area contributed by atoms with E-state index >= 15 is 0 Å². The molecule has 0 aliphatic rings. The van der Waals surface area contributed by atoms with Crippen LogP contribution in [-0.4, -0.2) is 26.8 Å². The zero-order chi connectivity index (χ0) is 16.8. The molecule has 0 saturated heterocycles. The van der Waals surface area contributed by atoms with Crippen molar-refractivity contribution < 1.29 is 9.15 Å². The first-order valence-corrected chi connectivity index (χ1v) is 8.60. The summed E-state index contributed by atoms with van der Waals surface area (Å²) in [6, 6.07) is 13.4. The Balaban J connectivity index is 1.64. The number of nitrogens with zero attached hydrogens (tertiary/aromatic N) is 4. The van der Waals surface area contributed by atoms with Crippen LogP contribution in [0.15, 0.2) is 57.1 Å². The molecule has 124 valence electrons. The minimum atomic E-state index is 0.375. The standard InChI is InChI=1S/C17H18N4O2S/c1-3-24-17-20-19-13(2)21(17)18-11-15-9-10-16(23-15)12-22-14-7-5-4-6-8-14/h4-11H,3,12H2,1-2H3/b18-11+. The number of aryl methyl sites for hydroxylation is 1. The molecule has 0 fully saturated rings. The third-order valence-corrected chi connectivity index (χ3v) is 3.95. The van der Waals surface area contributed by atoms with E-state index in [1.807, 2.05) is 49.4 Å². The Morgan fingerprint density at radius 2 is 2.04 bits per heavy atom. The van der Waals surface area contributed by atoms with E-state index in [0.717, 1.165) is 28.2 Å². The fourth-order valence-corrected chi connectivity index (χ4v) is 2.68. The fourth-order valence-electron chi connectivity index (χ4n) is 2.02. The molecule has 0 radical (unpaired) electrons. The molecule has 0 aliphatic heterocycles. The van der Waals surface area contributed by atoms with Crippen LogP contribution in [0.3, 0.4) is 0 Å². The summed E-state index contributed by atoms with van der Waals surface area (Å²) >= 11 is 1.59. The maximum Gasteiger partial charge on any atom is 0.212 e. The van der Waals surface area contributed by atoms with Crippen molar-refractivity contribution in [1.82, 2.24) is 14.9 Å². The normalized spacial score (nSPS) is 11.2. The number of aromatic nitrogens is 3. The Hall–Kier alpha value is -2.54. The number of ether oxygens (including phenoxy) is 1. The molecular weight excluding hydrogens is 324 g/mol. The van der Waals surface area contributed by atoms with Crippen molar-refractivity contribution in [2.24, 2.45) is 5.10 Å². The first-order chi connectivity index (χ1) is 11.8. The van der Waals surface area contributed by atoms with E-state index < -0.39 is 0 Å². The number of rotatable bonds is 7. The minimum Gasteiger partial charge on any atom is -0.486 e. The van der Waals surface area contributed by atoms with E-state index in [1.54, 1.807) is 22.7 Å². The van der Waals surface area contributed by atoms with Crippen molar-refractivity contribution >= 4 is 18.0 Å². The molecule has 3 aromatic rings. The van der Waals surface area contributed by atoms with E-state index in [0.29, 0.717) is 12.4 Å². The fraction of sp³-hybridized carbons (Fsp3) is 0.235. The molecule has 7 heteroatoms. The van der Waals surface area contributed by atoms with Gasteiger partial charge in [-0.15, -0.1) is 10.2 Å². The van der Waals surface area contributed by atoms with Crippen molar-refractivity contribution in [3.8, 4) is 5.75 Å². The van der Waals surface area contributed by atoms with Gasteiger partial charge in [-0.25, -0.2) is 0 Å². The van der Waals surface area contributed by atoms with Crippen molar-refractivity contribution in [2.45, 2.75) is 25.6 Å². The van der Waals surface area contributed by atoms with E-state index in [4.69, 9.17) is 9.15 Å². The van der Waals surface area contributed by atoms with Crippen LogP contribution in [0, 0.1) is 6.92 Å². The quantitative estimate of drug-likeness (QED) is 0.483. The predicted molar refractivity (Wildman–Crippen MR) is 93.6 cm³/mol. The third kappa shape index (κ3) is 4.05. The maximum atomic E-state index is 5.71. The molecule has 0 spiro atoms. The van der Waals surface area contributed by atoms with E-state index in [9.17, 15) is 0 Å². The van der Waals surface area contributed by atoms with Gasteiger partial charge in [-0.05, 0) is 36.9 Å². The number of thioether (sulfide) groups is 1. The summed E-state index contributed by atoms with van der Waals surface area (Å²) in [7, 11) is 0. The Kier molecular flexibility index (Phi) is 5.32. The Bertz CT molecular complexity index is 811. The second kappa shape index (κ2) is 7.83. The van der Waals surface area contributed by atoms with E-state index in [-0.39, 0.29) is 0 Å². The molecule has 2 heterocycles. The second-order valence-corrected chi connectivity index (χ2v) is 6.16. The molecule has 0 saturated carbocycles. The van der Waals surface area contributed by atoms with E-state index in [2.05, 4.69) is 22.2 Å². The van der Waals surface area contributed by atoms with Crippen LogP contribution < -0.4 is 4.74 Å². The molecule has 3 rings (SSSR count). The zero-order valence-electron chi connectivity index (χ0n) is 13.5. The van der Waals surface area contributed by atoms with Gasteiger partial charge in [-0.3, -0.25) is 0 Å². The molecule has 0 bridgehead atoms. The highest BCUT2D eigenvalue weighted by atomic mass is 32.2. The van der Waals surface area contributed by atoms with Gasteiger partial charge in [-0.1, -0.05) is 36.9 Å². The summed E-state index contributed by atoms with van der Waals surface area (Å²) in [6.07, 6.45) is 1.65. The van der Waals surface area contributed by atoms with Gasteiger partial charge in [0.1, 0.15) is 23.9 Å². The highest BCUT2D eigenvalue weighted by molar-refractivity contribution is 7.99. The smallest absolute Gasteiger partial charge is 0.212 e. The third-order valence-electron chi connectivity index (χ3n) is 3.15. The average molecular weight is 342 g/mol. The summed E-state index contributed by atoms with van der Waals surface area (Å²) in [6.45, 7) is 4.31.